The maximum Gasteiger partial charge on any atom is 0.0612 e. The number of likely N-dealkylation sites (N-methyl/N-ethyl adjacent to an activating group) is 2. The molecule has 0 aromatic heterocycles. The van der Waals surface area contributed by atoms with Crippen molar-refractivity contribution in [2.75, 3.05) is 23.9 Å². The van der Waals surface area contributed by atoms with E-state index in [1.807, 2.05) is 0 Å². The zero-order chi connectivity index (χ0) is 22.6. The number of rotatable bonds is 3. The van der Waals surface area contributed by atoms with Crippen LogP contribution >= 0.6 is 0 Å². The molecule has 0 radical (unpaired) electrons. The third-order valence-corrected chi connectivity index (χ3v) is 6.86. The van der Waals surface area contributed by atoms with Crippen LogP contribution in [0.15, 0.2) is 77.1 Å². The molecule has 0 amide bonds. The summed E-state index contributed by atoms with van der Waals surface area (Å²) in [6, 6.07) is 17.6. The molecule has 2 aromatic carbocycles. The second kappa shape index (κ2) is 7.40. The number of allylic oxidation sites excluding steroid dienone is 4. The molecule has 0 saturated heterocycles. The van der Waals surface area contributed by atoms with Crippen LogP contribution in [0, 0.1) is 0 Å². The molecule has 0 unspecified atom stereocenters. The molecule has 2 aliphatic rings. The monoisotopic (exact) mass is 413 g/mol. The highest BCUT2D eigenvalue weighted by Crippen LogP contribution is 2.48. The fraction of sp³-hybridized carbons (Fsp3) is 0.393. The highest BCUT2D eigenvalue weighted by atomic mass is 15.2. The second-order valence-corrected chi connectivity index (χ2v) is 10.1. The topological polar surface area (TPSA) is 18.8 Å². The van der Waals surface area contributed by atoms with Gasteiger partial charge in [0.05, 0.1) is 5.71 Å². The van der Waals surface area contributed by atoms with Gasteiger partial charge in [-0.2, -0.15) is 0 Å². The SMILES string of the molecule is CC(C)N=C(C=C1N(C)c2ccccc2C1(C)C)C=C1N(C)c2ccccc2C1(C)C. The Morgan fingerprint density at radius 2 is 1.13 bits per heavy atom. The molecule has 0 aliphatic carbocycles. The van der Waals surface area contributed by atoms with Gasteiger partial charge in [-0.15, -0.1) is 0 Å². The Hall–Kier alpha value is -2.81. The number of benzene rings is 2. The first-order chi connectivity index (χ1) is 14.5. The molecular formula is C28H35N3. The van der Waals surface area contributed by atoms with E-state index in [2.05, 4.69) is 126 Å². The van der Waals surface area contributed by atoms with Gasteiger partial charge in [0.1, 0.15) is 0 Å². The Morgan fingerprint density at radius 3 is 1.48 bits per heavy atom. The second-order valence-electron chi connectivity index (χ2n) is 10.1. The predicted octanol–water partition coefficient (Wildman–Crippen LogP) is 6.46. The van der Waals surface area contributed by atoms with Crippen molar-refractivity contribution >= 4 is 17.1 Å². The number of para-hydroxylation sites is 2. The maximum atomic E-state index is 5.04. The summed E-state index contributed by atoms with van der Waals surface area (Å²) in [5.41, 5.74) is 8.74. The van der Waals surface area contributed by atoms with E-state index in [1.165, 1.54) is 33.9 Å². The Labute approximate surface area is 187 Å². The van der Waals surface area contributed by atoms with Crippen LogP contribution < -0.4 is 9.80 Å². The van der Waals surface area contributed by atoms with E-state index in [4.69, 9.17) is 4.99 Å². The minimum Gasteiger partial charge on any atom is -0.347 e. The molecule has 2 aromatic rings. The molecule has 3 heteroatoms. The van der Waals surface area contributed by atoms with E-state index in [-0.39, 0.29) is 16.9 Å². The zero-order valence-electron chi connectivity index (χ0n) is 20.2. The molecule has 0 bridgehead atoms. The van der Waals surface area contributed by atoms with E-state index < -0.39 is 0 Å². The van der Waals surface area contributed by atoms with Crippen molar-refractivity contribution in [3.63, 3.8) is 0 Å². The summed E-state index contributed by atoms with van der Waals surface area (Å²) in [6.07, 6.45) is 4.58. The van der Waals surface area contributed by atoms with E-state index in [9.17, 15) is 0 Å². The van der Waals surface area contributed by atoms with Crippen LogP contribution in [0.4, 0.5) is 11.4 Å². The summed E-state index contributed by atoms with van der Waals surface area (Å²) in [6.45, 7) is 13.5. The molecule has 0 spiro atoms. The number of nitrogens with zero attached hydrogens (tertiary/aromatic N) is 3. The van der Waals surface area contributed by atoms with Crippen molar-refractivity contribution in [3.8, 4) is 0 Å². The lowest BCUT2D eigenvalue weighted by atomic mass is 9.82. The Morgan fingerprint density at radius 1 is 0.742 bits per heavy atom. The predicted molar refractivity (Wildman–Crippen MR) is 134 cm³/mol. The van der Waals surface area contributed by atoms with Gasteiger partial charge in [0.25, 0.3) is 0 Å². The van der Waals surface area contributed by atoms with Crippen LogP contribution in [0.25, 0.3) is 0 Å². The number of hydrogen-bond acceptors (Lipinski definition) is 3. The molecule has 0 atom stereocenters. The average molecular weight is 414 g/mol. The summed E-state index contributed by atoms with van der Waals surface area (Å²) >= 11 is 0. The fourth-order valence-electron chi connectivity index (χ4n) is 5.21. The van der Waals surface area contributed by atoms with Gasteiger partial charge in [0, 0.05) is 53.7 Å². The maximum absolute atomic E-state index is 5.04. The summed E-state index contributed by atoms with van der Waals surface area (Å²) in [5, 5.41) is 0. The first kappa shape index (κ1) is 21.4. The van der Waals surface area contributed by atoms with Gasteiger partial charge >= 0.3 is 0 Å². The number of hydrogen-bond donors (Lipinski definition) is 0. The molecule has 0 N–H and O–H groups in total. The summed E-state index contributed by atoms with van der Waals surface area (Å²) in [5.74, 6) is 0. The minimum absolute atomic E-state index is 0.0678. The first-order valence-electron chi connectivity index (χ1n) is 11.2. The van der Waals surface area contributed by atoms with E-state index >= 15 is 0 Å². The summed E-state index contributed by atoms with van der Waals surface area (Å²) in [7, 11) is 4.34. The standard InChI is InChI=1S/C28H35N3/c1-19(2)29-20(17-25-27(3,4)21-13-9-11-15-23(21)30(25)7)18-26-28(5,6)22-14-10-12-16-24(22)31(26)8/h9-19H,1-8H3. The van der Waals surface area contributed by atoms with Crippen LogP contribution in [0.5, 0.6) is 0 Å². The minimum atomic E-state index is -0.0678. The van der Waals surface area contributed by atoms with Crippen molar-refractivity contribution in [1.29, 1.82) is 0 Å². The lowest BCUT2D eigenvalue weighted by Crippen LogP contribution is -2.26. The average Bonchev–Trinajstić information content (AvgIpc) is 3.03. The van der Waals surface area contributed by atoms with Gasteiger partial charge < -0.3 is 9.80 Å². The van der Waals surface area contributed by atoms with E-state index in [1.54, 1.807) is 0 Å². The summed E-state index contributed by atoms with van der Waals surface area (Å²) < 4.78 is 0. The third kappa shape index (κ3) is 3.40. The molecule has 162 valence electrons. The quantitative estimate of drug-likeness (QED) is 0.538. The van der Waals surface area contributed by atoms with Crippen molar-refractivity contribution in [3.05, 3.63) is 83.2 Å². The van der Waals surface area contributed by atoms with Crippen molar-refractivity contribution in [2.45, 2.75) is 58.4 Å². The normalized spacial score (nSPS) is 21.1. The molecule has 2 heterocycles. The van der Waals surface area contributed by atoms with Crippen molar-refractivity contribution in [2.24, 2.45) is 4.99 Å². The number of anilines is 2. The first-order valence-corrected chi connectivity index (χ1v) is 11.2. The van der Waals surface area contributed by atoms with E-state index in [0.717, 1.165) is 5.71 Å². The van der Waals surface area contributed by atoms with Gasteiger partial charge in [0.2, 0.25) is 0 Å². The lowest BCUT2D eigenvalue weighted by Gasteiger charge is -2.26. The number of aliphatic imine (C=N–C) groups is 1. The molecule has 3 nitrogen and oxygen atoms in total. The van der Waals surface area contributed by atoms with Crippen LogP contribution in [0.1, 0.15) is 52.7 Å². The Kier molecular flexibility index (Phi) is 5.12. The van der Waals surface area contributed by atoms with Crippen LogP contribution in [0.3, 0.4) is 0 Å². The van der Waals surface area contributed by atoms with Gasteiger partial charge in [-0.25, -0.2) is 0 Å². The molecule has 4 rings (SSSR count). The van der Waals surface area contributed by atoms with Gasteiger partial charge in [-0.1, -0.05) is 64.1 Å². The zero-order valence-corrected chi connectivity index (χ0v) is 20.2. The molecule has 0 saturated carbocycles. The highest BCUT2D eigenvalue weighted by molar-refractivity contribution is 6.06. The molecule has 31 heavy (non-hydrogen) atoms. The molecule has 2 aliphatic heterocycles. The van der Waals surface area contributed by atoms with E-state index in [0.29, 0.717) is 0 Å². The van der Waals surface area contributed by atoms with Crippen molar-refractivity contribution < 1.29 is 0 Å². The van der Waals surface area contributed by atoms with Gasteiger partial charge in [-0.05, 0) is 49.3 Å². The van der Waals surface area contributed by atoms with Gasteiger partial charge in [-0.3, -0.25) is 4.99 Å². The molecule has 0 fully saturated rings. The van der Waals surface area contributed by atoms with Crippen LogP contribution in [-0.2, 0) is 10.8 Å². The van der Waals surface area contributed by atoms with Crippen LogP contribution in [0.2, 0.25) is 0 Å². The largest absolute Gasteiger partial charge is 0.347 e. The smallest absolute Gasteiger partial charge is 0.0612 e. The van der Waals surface area contributed by atoms with Gasteiger partial charge in [0.15, 0.2) is 0 Å². The molecular weight excluding hydrogens is 378 g/mol. The fourth-order valence-corrected chi connectivity index (χ4v) is 5.21. The van der Waals surface area contributed by atoms with Crippen molar-refractivity contribution in [1.82, 2.24) is 0 Å². The Balaban J connectivity index is 1.83. The Bertz CT molecular complexity index is 1020. The van der Waals surface area contributed by atoms with Crippen LogP contribution in [-0.4, -0.2) is 25.8 Å². The third-order valence-electron chi connectivity index (χ3n) is 6.86. The number of fused-ring (bicyclic) bond motifs is 2. The lowest BCUT2D eigenvalue weighted by molar-refractivity contribution is 0.639. The summed E-state index contributed by atoms with van der Waals surface area (Å²) in [4.78, 5) is 9.68. The highest BCUT2D eigenvalue weighted by Gasteiger charge is 2.40.